The molecular formula is C16H24N4O2. The first-order valence-electron chi connectivity index (χ1n) is 7.87. The number of aromatic nitrogens is 2. The fourth-order valence-corrected chi connectivity index (χ4v) is 2.58. The Kier molecular flexibility index (Phi) is 5.77. The highest BCUT2D eigenvalue weighted by molar-refractivity contribution is 5.79. The number of rotatable bonds is 8. The molecule has 0 spiro atoms. The van der Waals surface area contributed by atoms with Gasteiger partial charge in [-0.15, -0.1) is 0 Å². The lowest BCUT2D eigenvalue weighted by molar-refractivity contribution is -0.127. The fraction of sp³-hybridized carbons (Fsp3) is 0.500. The van der Waals surface area contributed by atoms with Gasteiger partial charge in [0.15, 0.2) is 0 Å². The van der Waals surface area contributed by atoms with Gasteiger partial charge in [-0.1, -0.05) is 32.8 Å². The number of nitrogens with one attached hydrogen (secondary N) is 2. The molecule has 1 amide bonds. The molecule has 3 N–H and O–H groups in total. The van der Waals surface area contributed by atoms with E-state index in [0.717, 1.165) is 55.0 Å². The third-order valence-electron chi connectivity index (χ3n) is 3.72. The first-order valence-corrected chi connectivity index (χ1v) is 7.87. The molecule has 2 heterocycles. The number of amides is 1. The maximum atomic E-state index is 11.3. The maximum absolute atomic E-state index is 11.3. The molecule has 0 unspecified atom stereocenters. The molecule has 2 rings (SSSR count). The summed E-state index contributed by atoms with van der Waals surface area (Å²) in [5.74, 6) is 0.385. The monoisotopic (exact) mass is 304 g/mol. The fourth-order valence-electron chi connectivity index (χ4n) is 2.58. The molecular weight excluding hydrogens is 280 g/mol. The first kappa shape index (κ1) is 16.3. The topological polar surface area (TPSA) is 78.7 Å². The van der Waals surface area contributed by atoms with Crippen molar-refractivity contribution in [2.24, 2.45) is 0 Å². The number of hydrogen-bond donors (Lipinski definition) is 3. The number of fused-ring (bicyclic) bond motifs is 1. The quantitative estimate of drug-likeness (QED) is 0.398. The van der Waals surface area contributed by atoms with Gasteiger partial charge in [-0.3, -0.25) is 14.4 Å². The van der Waals surface area contributed by atoms with Crippen LogP contribution in [0.15, 0.2) is 18.2 Å². The number of carbonyl (C=O) groups is 1. The third kappa shape index (κ3) is 3.57. The van der Waals surface area contributed by atoms with Crippen molar-refractivity contribution >= 4 is 17.4 Å². The van der Waals surface area contributed by atoms with E-state index in [0.29, 0.717) is 0 Å². The minimum absolute atomic E-state index is 0.0170. The van der Waals surface area contributed by atoms with E-state index < -0.39 is 5.91 Å². The Morgan fingerprint density at radius 1 is 1.32 bits per heavy atom. The predicted molar refractivity (Wildman–Crippen MR) is 86.2 cm³/mol. The van der Waals surface area contributed by atoms with Gasteiger partial charge in [0.1, 0.15) is 11.5 Å². The summed E-state index contributed by atoms with van der Waals surface area (Å²) in [5.41, 5.74) is 4.64. The highest BCUT2D eigenvalue weighted by atomic mass is 16.5. The summed E-state index contributed by atoms with van der Waals surface area (Å²) in [7, 11) is 0. The van der Waals surface area contributed by atoms with E-state index in [-0.39, 0.29) is 6.54 Å². The third-order valence-corrected chi connectivity index (χ3v) is 3.72. The number of unbranched alkanes of at least 4 members (excludes halogenated alkanes) is 2. The summed E-state index contributed by atoms with van der Waals surface area (Å²) in [6.07, 6.45) is 5.14. The molecule has 6 nitrogen and oxygen atoms in total. The molecule has 0 saturated heterocycles. The second-order valence-electron chi connectivity index (χ2n) is 5.32. The Balaban J connectivity index is 2.36. The van der Waals surface area contributed by atoms with Gasteiger partial charge in [-0.05, 0) is 31.4 Å². The summed E-state index contributed by atoms with van der Waals surface area (Å²) in [6.45, 7) is 4.28. The maximum Gasteiger partial charge on any atom is 0.262 e. The summed E-state index contributed by atoms with van der Waals surface area (Å²) in [5, 5.41) is 11.8. The number of carbonyl (C=O) groups excluding carboxylic acids is 1. The van der Waals surface area contributed by atoms with Gasteiger partial charge >= 0.3 is 0 Å². The summed E-state index contributed by atoms with van der Waals surface area (Å²) in [4.78, 5) is 16.0. The van der Waals surface area contributed by atoms with Gasteiger partial charge in [0.2, 0.25) is 0 Å². The van der Waals surface area contributed by atoms with Crippen LogP contribution in [0.2, 0.25) is 0 Å². The minimum atomic E-state index is -0.469. The SMILES string of the molecule is CCCCCc1nc2cccc(CC)n2c1NCC(=O)NO. The van der Waals surface area contributed by atoms with E-state index in [1.165, 1.54) is 0 Å². The highest BCUT2D eigenvalue weighted by Gasteiger charge is 2.14. The van der Waals surface area contributed by atoms with Crippen LogP contribution in [-0.4, -0.2) is 27.0 Å². The first-order chi connectivity index (χ1) is 10.7. The normalized spacial score (nSPS) is 10.9. The Labute approximate surface area is 130 Å². The van der Waals surface area contributed by atoms with Gasteiger partial charge in [-0.2, -0.15) is 0 Å². The van der Waals surface area contributed by atoms with Crippen molar-refractivity contribution in [2.75, 3.05) is 11.9 Å². The average molecular weight is 304 g/mol. The zero-order chi connectivity index (χ0) is 15.9. The molecule has 22 heavy (non-hydrogen) atoms. The van der Waals surface area contributed by atoms with E-state index in [1.807, 2.05) is 12.1 Å². The standard InChI is InChI=1S/C16H24N4O2/c1-3-5-6-9-13-16(17-11-15(21)19-22)20-12(4-2)8-7-10-14(20)18-13/h7-8,10,17,22H,3-6,9,11H2,1-2H3,(H,19,21). The van der Waals surface area contributed by atoms with E-state index in [2.05, 4.69) is 29.6 Å². The Bertz CT molecular complexity index is 636. The van der Waals surface area contributed by atoms with Gasteiger partial charge in [-0.25, -0.2) is 10.5 Å². The van der Waals surface area contributed by atoms with Gasteiger partial charge in [0.25, 0.3) is 5.91 Å². The van der Waals surface area contributed by atoms with Crippen molar-refractivity contribution in [1.29, 1.82) is 0 Å². The second kappa shape index (κ2) is 7.79. The van der Waals surface area contributed by atoms with Crippen LogP contribution in [0.25, 0.3) is 5.65 Å². The van der Waals surface area contributed by atoms with Crippen LogP contribution in [0, 0.1) is 0 Å². The molecule has 2 aromatic rings. The molecule has 0 radical (unpaired) electrons. The number of aryl methyl sites for hydroxylation is 2. The van der Waals surface area contributed by atoms with E-state index in [4.69, 9.17) is 10.2 Å². The number of nitrogens with zero attached hydrogens (tertiary/aromatic N) is 2. The van der Waals surface area contributed by atoms with Crippen LogP contribution < -0.4 is 10.8 Å². The lowest BCUT2D eigenvalue weighted by Crippen LogP contribution is -2.27. The van der Waals surface area contributed by atoms with Gasteiger partial charge in [0, 0.05) is 5.69 Å². The van der Waals surface area contributed by atoms with E-state index in [9.17, 15) is 4.79 Å². The summed E-state index contributed by atoms with van der Waals surface area (Å²) < 4.78 is 2.06. The Morgan fingerprint density at radius 2 is 2.14 bits per heavy atom. The zero-order valence-corrected chi connectivity index (χ0v) is 13.2. The van der Waals surface area contributed by atoms with Gasteiger partial charge in [0.05, 0.1) is 12.2 Å². The molecule has 0 atom stereocenters. The molecule has 0 fully saturated rings. The van der Waals surface area contributed by atoms with Crippen molar-refractivity contribution < 1.29 is 10.0 Å². The molecule has 2 aromatic heterocycles. The van der Waals surface area contributed by atoms with E-state index >= 15 is 0 Å². The average Bonchev–Trinajstić information content (AvgIpc) is 2.90. The number of pyridine rings is 1. The number of imidazole rings is 1. The molecule has 0 aliphatic rings. The Morgan fingerprint density at radius 3 is 2.82 bits per heavy atom. The molecule has 0 aromatic carbocycles. The summed E-state index contributed by atoms with van der Waals surface area (Å²) >= 11 is 0. The second-order valence-corrected chi connectivity index (χ2v) is 5.32. The molecule has 0 bridgehead atoms. The van der Waals surface area contributed by atoms with Crippen LogP contribution in [0.3, 0.4) is 0 Å². The van der Waals surface area contributed by atoms with Crippen molar-refractivity contribution in [3.63, 3.8) is 0 Å². The van der Waals surface area contributed by atoms with Crippen LogP contribution in [0.5, 0.6) is 0 Å². The smallest absolute Gasteiger partial charge is 0.262 e. The number of hydroxylamine groups is 1. The largest absolute Gasteiger partial charge is 0.360 e. The molecule has 0 aliphatic carbocycles. The van der Waals surface area contributed by atoms with Gasteiger partial charge < -0.3 is 5.32 Å². The van der Waals surface area contributed by atoms with Crippen LogP contribution in [0.4, 0.5) is 5.82 Å². The number of hydrogen-bond acceptors (Lipinski definition) is 4. The number of anilines is 1. The van der Waals surface area contributed by atoms with E-state index in [1.54, 1.807) is 5.48 Å². The summed E-state index contributed by atoms with van der Waals surface area (Å²) in [6, 6.07) is 6.03. The zero-order valence-electron chi connectivity index (χ0n) is 13.2. The molecule has 0 saturated carbocycles. The van der Waals surface area contributed by atoms with Crippen LogP contribution in [-0.2, 0) is 17.6 Å². The van der Waals surface area contributed by atoms with Crippen molar-refractivity contribution in [3.8, 4) is 0 Å². The lowest BCUT2D eigenvalue weighted by atomic mass is 10.1. The minimum Gasteiger partial charge on any atom is -0.360 e. The van der Waals surface area contributed by atoms with Crippen molar-refractivity contribution in [2.45, 2.75) is 46.0 Å². The highest BCUT2D eigenvalue weighted by Crippen LogP contribution is 2.22. The lowest BCUT2D eigenvalue weighted by Gasteiger charge is -2.10. The van der Waals surface area contributed by atoms with Crippen molar-refractivity contribution in [3.05, 3.63) is 29.6 Å². The van der Waals surface area contributed by atoms with Crippen molar-refractivity contribution in [1.82, 2.24) is 14.9 Å². The predicted octanol–water partition coefficient (Wildman–Crippen LogP) is 2.55. The van der Waals surface area contributed by atoms with Crippen LogP contribution in [0.1, 0.15) is 44.5 Å². The molecule has 0 aliphatic heterocycles. The molecule has 6 heteroatoms. The molecule has 120 valence electrons. The Hall–Kier alpha value is -2.08. The van der Waals surface area contributed by atoms with Crippen LogP contribution >= 0.6 is 0 Å².